The van der Waals surface area contributed by atoms with Crippen molar-refractivity contribution in [2.75, 3.05) is 13.2 Å². The van der Waals surface area contributed by atoms with Gasteiger partial charge < -0.3 is 9.47 Å². The zero-order chi connectivity index (χ0) is 11.4. The van der Waals surface area contributed by atoms with Crippen LogP contribution in [0.25, 0.3) is 0 Å². The molecule has 0 amide bonds. The standard InChI is InChI=1S/C15H22O2/c1-3-16-15(17-4-2)13-9-5-7-8-6-10(11(7)13)14(15)12(8)9/h7-14H,3-6H2,1-2H3/t7-,8+,9-,10-,11+,12+,13+,14-/m1/s1. The smallest absolute Gasteiger partial charge is 0.174 e. The van der Waals surface area contributed by atoms with Crippen LogP contribution in [0.4, 0.5) is 0 Å². The first kappa shape index (κ1) is 9.80. The van der Waals surface area contributed by atoms with Crippen LogP contribution in [0.2, 0.25) is 0 Å². The van der Waals surface area contributed by atoms with E-state index in [9.17, 15) is 0 Å². The van der Waals surface area contributed by atoms with Crippen molar-refractivity contribution >= 4 is 0 Å². The summed E-state index contributed by atoms with van der Waals surface area (Å²) in [6.45, 7) is 5.91. The molecule has 6 aliphatic carbocycles. The molecule has 0 aromatic rings. The van der Waals surface area contributed by atoms with Crippen LogP contribution in [-0.4, -0.2) is 19.0 Å². The van der Waals surface area contributed by atoms with E-state index in [-0.39, 0.29) is 5.79 Å². The van der Waals surface area contributed by atoms with E-state index in [1.807, 2.05) is 0 Å². The number of rotatable bonds is 4. The second-order valence-electron chi connectivity index (χ2n) is 6.92. The average molecular weight is 234 g/mol. The van der Waals surface area contributed by atoms with Gasteiger partial charge in [0.25, 0.3) is 0 Å². The van der Waals surface area contributed by atoms with Crippen LogP contribution in [0.1, 0.15) is 26.7 Å². The zero-order valence-electron chi connectivity index (χ0n) is 10.8. The molecule has 0 spiro atoms. The van der Waals surface area contributed by atoms with Crippen molar-refractivity contribution in [1.82, 2.24) is 0 Å². The van der Waals surface area contributed by atoms with Gasteiger partial charge in [0.05, 0.1) is 0 Å². The first-order valence-electron chi connectivity index (χ1n) is 7.61. The second-order valence-corrected chi connectivity index (χ2v) is 6.92. The Labute approximate surface area is 103 Å². The number of ether oxygens (including phenoxy) is 2. The fraction of sp³-hybridized carbons (Fsp3) is 1.00. The SMILES string of the molecule is CCOC1(OCC)[C@@H]2[C@@H]3C[C@H]4[C@H]5C[C@H]([C@H]42)[C@H]1[C@@H]53. The van der Waals surface area contributed by atoms with Crippen LogP contribution < -0.4 is 0 Å². The van der Waals surface area contributed by atoms with Crippen LogP contribution in [-0.2, 0) is 9.47 Å². The lowest BCUT2D eigenvalue weighted by molar-refractivity contribution is -0.264. The molecule has 2 nitrogen and oxygen atoms in total. The molecule has 0 aromatic heterocycles. The molecule has 2 heteroatoms. The summed E-state index contributed by atoms with van der Waals surface area (Å²) in [6, 6.07) is 0. The highest BCUT2D eigenvalue weighted by Gasteiger charge is 2.86. The van der Waals surface area contributed by atoms with Gasteiger partial charge in [-0.15, -0.1) is 0 Å². The van der Waals surface area contributed by atoms with Gasteiger partial charge in [0, 0.05) is 25.0 Å². The number of hydrogen-bond donors (Lipinski definition) is 0. The summed E-state index contributed by atoms with van der Waals surface area (Å²) >= 11 is 0. The highest BCUT2D eigenvalue weighted by atomic mass is 16.7. The first-order valence-corrected chi connectivity index (χ1v) is 7.61. The first-order chi connectivity index (χ1) is 8.33. The molecule has 0 aliphatic heterocycles. The van der Waals surface area contributed by atoms with Gasteiger partial charge in [-0.25, -0.2) is 0 Å². The Bertz CT molecular complexity index is 343. The third kappa shape index (κ3) is 0.755. The van der Waals surface area contributed by atoms with E-state index in [0.717, 1.165) is 60.6 Å². The Hall–Kier alpha value is -0.0800. The van der Waals surface area contributed by atoms with Crippen molar-refractivity contribution in [1.29, 1.82) is 0 Å². The van der Waals surface area contributed by atoms with Gasteiger partial charge in [0.2, 0.25) is 0 Å². The molecule has 0 N–H and O–H groups in total. The maximum atomic E-state index is 6.27. The quantitative estimate of drug-likeness (QED) is 0.696. The van der Waals surface area contributed by atoms with Gasteiger partial charge in [0.15, 0.2) is 5.79 Å². The van der Waals surface area contributed by atoms with E-state index < -0.39 is 0 Å². The molecule has 17 heavy (non-hydrogen) atoms. The van der Waals surface area contributed by atoms with Crippen molar-refractivity contribution in [3.63, 3.8) is 0 Å². The second kappa shape index (κ2) is 2.75. The largest absolute Gasteiger partial charge is 0.350 e. The molecule has 0 unspecified atom stereocenters. The molecule has 6 saturated carbocycles. The minimum absolute atomic E-state index is 0.145. The Morgan fingerprint density at radius 3 is 1.71 bits per heavy atom. The summed E-state index contributed by atoms with van der Waals surface area (Å²) in [6.07, 6.45) is 3.03. The third-order valence-corrected chi connectivity index (χ3v) is 7.04. The predicted octanol–water partition coefficient (Wildman–Crippen LogP) is 2.53. The summed E-state index contributed by atoms with van der Waals surface area (Å²) in [7, 11) is 0. The molecule has 6 aliphatic rings. The fourth-order valence-corrected chi connectivity index (χ4v) is 7.45. The third-order valence-electron chi connectivity index (χ3n) is 7.04. The van der Waals surface area contributed by atoms with Crippen molar-refractivity contribution in [3.8, 4) is 0 Å². The molecule has 6 bridgehead atoms. The summed E-state index contributed by atoms with van der Waals surface area (Å²) in [5.41, 5.74) is 0. The molecule has 8 atom stereocenters. The Balaban J connectivity index is 1.65. The summed E-state index contributed by atoms with van der Waals surface area (Å²) in [5, 5.41) is 0. The summed E-state index contributed by atoms with van der Waals surface area (Å²) in [5.74, 6) is 7.44. The van der Waals surface area contributed by atoms with E-state index in [4.69, 9.17) is 9.47 Å². The molecule has 6 rings (SSSR count). The van der Waals surface area contributed by atoms with Crippen molar-refractivity contribution in [2.45, 2.75) is 32.5 Å². The molecule has 94 valence electrons. The molecule has 6 fully saturated rings. The summed E-state index contributed by atoms with van der Waals surface area (Å²) < 4.78 is 12.5. The van der Waals surface area contributed by atoms with E-state index in [1.54, 1.807) is 0 Å². The van der Waals surface area contributed by atoms with Crippen LogP contribution in [0.5, 0.6) is 0 Å². The van der Waals surface area contributed by atoms with E-state index in [2.05, 4.69) is 13.8 Å². The zero-order valence-corrected chi connectivity index (χ0v) is 10.8. The molecule has 0 aromatic carbocycles. The molecular weight excluding hydrogens is 212 g/mol. The van der Waals surface area contributed by atoms with Crippen molar-refractivity contribution in [3.05, 3.63) is 0 Å². The average Bonchev–Trinajstić information content (AvgIpc) is 2.99. The van der Waals surface area contributed by atoms with Crippen LogP contribution >= 0.6 is 0 Å². The maximum absolute atomic E-state index is 6.27. The summed E-state index contributed by atoms with van der Waals surface area (Å²) in [4.78, 5) is 0. The molecule has 0 saturated heterocycles. The Morgan fingerprint density at radius 1 is 0.824 bits per heavy atom. The van der Waals surface area contributed by atoms with Gasteiger partial charge in [-0.1, -0.05) is 0 Å². The Morgan fingerprint density at radius 2 is 1.29 bits per heavy atom. The molecule has 0 heterocycles. The lowest BCUT2D eigenvalue weighted by Crippen LogP contribution is -2.42. The lowest BCUT2D eigenvalue weighted by Gasteiger charge is -2.34. The minimum Gasteiger partial charge on any atom is -0.350 e. The monoisotopic (exact) mass is 234 g/mol. The van der Waals surface area contributed by atoms with Gasteiger partial charge in [0.1, 0.15) is 0 Å². The topological polar surface area (TPSA) is 18.5 Å². The van der Waals surface area contributed by atoms with Crippen LogP contribution in [0.15, 0.2) is 0 Å². The predicted molar refractivity (Wildman–Crippen MR) is 63.1 cm³/mol. The normalized spacial score (nSPS) is 62.5. The maximum Gasteiger partial charge on any atom is 0.174 e. The van der Waals surface area contributed by atoms with E-state index in [0.29, 0.717) is 0 Å². The highest BCUT2D eigenvalue weighted by molar-refractivity contribution is 5.30. The fourth-order valence-electron chi connectivity index (χ4n) is 7.45. The van der Waals surface area contributed by atoms with E-state index >= 15 is 0 Å². The van der Waals surface area contributed by atoms with Gasteiger partial charge in [-0.3, -0.25) is 0 Å². The van der Waals surface area contributed by atoms with Gasteiger partial charge >= 0.3 is 0 Å². The van der Waals surface area contributed by atoms with Gasteiger partial charge in [-0.05, 0) is 62.2 Å². The molecular formula is C15H22O2. The van der Waals surface area contributed by atoms with Crippen molar-refractivity contribution < 1.29 is 9.47 Å². The van der Waals surface area contributed by atoms with Gasteiger partial charge in [-0.2, -0.15) is 0 Å². The minimum atomic E-state index is -0.145. The van der Waals surface area contributed by atoms with E-state index in [1.165, 1.54) is 12.8 Å². The van der Waals surface area contributed by atoms with Crippen molar-refractivity contribution in [2.24, 2.45) is 47.3 Å². The lowest BCUT2D eigenvalue weighted by atomic mass is 9.71. The number of hydrogen-bond acceptors (Lipinski definition) is 2. The Kier molecular flexibility index (Phi) is 1.58. The van der Waals surface area contributed by atoms with Crippen LogP contribution in [0.3, 0.4) is 0 Å². The molecule has 0 radical (unpaired) electrons. The van der Waals surface area contributed by atoms with Crippen LogP contribution in [0, 0.1) is 47.3 Å². The highest BCUT2D eigenvalue weighted by Crippen LogP contribution is 2.85.